The van der Waals surface area contributed by atoms with Gasteiger partial charge in [0, 0.05) is 25.0 Å². The first kappa shape index (κ1) is 14.9. The molecule has 1 saturated heterocycles. The van der Waals surface area contributed by atoms with Crippen LogP contribution in [0, 0.1) is 5.92 Å². The minimum absolute atomic E-state index is 0.185. The summed E-state index contributed by atoms with van der Waals surface area (Å²) in [4.78, 5) is 25.5. The van der Waals surface area contributed by atoms with Crippen LogP contribution in [0.25, 0.3) is 0 Å². The Morgan fingerprint density at radius 1 is 1.09 bits per heavy atom. The van der Waals surface area contributed by atoms with Crippen LogP contribution in [0.4, 0.5) is 4.79 Å². The van der Waals surface area contributed by atoms with Gasteiger partial charge in [0.25, 0.3) is 0 Å². The highest BCUT2D eigenvalue weighted by molar-refractivity contribution is 5.81. The van der Waals surface area contributed by atoms with Gasteiger partial charge in [0.2, 0.25) is 5.91 Å². The standard InChI is InChI=1S/C17H22N2O3/c20-16(14-6-7-14)18-15-8-10-19(11-9-15)17(21)22-12-13-4-2-1-3-5-13/h1-5,14-15H,6-12H2,(H,18,20). The Kier molecular flexibility index (Phi) is 4.61. The van der Waals surface area contributed by atoms with E-state index in [-0.39, 0.29) is 24.0 Å². The third kappa shape index (κ3) is 4.00. The maximum absolute atomic E-state index is 12.0. The van der Waals surface area contributed by atoms with Crippen molar-refractivity contribution in [3.05, 3.63) is 35.9 Å². The molecule has 0 unspecified atom stereocenters. The largest absolute Gasteiger partial charge is 0.445 e. The third-order valence-electron chi connectivity index (χ3n) is 4.25. The molecular weight excluding hydrogens is 280 g/mol. The van der Waals surface area contributed by atoms with Crippen molar-refractivity contribution in [2.24, 2.45) is 5.92 Å². The topological polar surface area (TPSA) is 58.6 Å². The van der Waals surface area contributed by atoms with E-state index in [9.17, 15) is 9.59 Å². The van der Waals surface area contributed by atoms with Gasteiger partial charge in [0.1, 0.15) is 6.61 Å². The highest BCUT2D eigenvalue weighted by Crippen LogP contribution is 2.29. The molecule has 0 atom stereocenters. The Hall–Kier alpha value is -2.04. The summed E-state index contributed by atoms with van der Waals surface area (Å²) in [5.41, 5.74) is 0.988. The second-order valence-corrected chi connectivity index (χ2v) is 6.08. The molecule has 3 rings (SSSR count). The lowest BCUT2D eigenvalue weighted by atomic mass is 10.1. The van der Waals surface area contributed by atoms with Crippen LogP contribution in [0.5, 0.6) is 0 Å². The van der Waals surface area contributed by atoms with E-state index >= 15 is 0 Å². The van der Waals surface area contributed by atoms with Gasteiger partial charge in [0.15, 0.2) is 0 Å². The van der Waals surface area contributed by atoms with Gasteiger partial charge >= 0.3 is 6.09 Å². The van der Waals surface area contributed by atoms with Crippen LogP contribution in [-0.4, -0.2) is 36.0 Å². The van der Waals surface area contributed by atoms with Gasteiger partial charge < -0.3 is 15.0 Å². The van der Waals surface area contributed by atoms with Gasteiger partial charge in [-0.3, -0.25) is 4.79 Å². The van der Waals surface area contributed by atoms with Gasteiger partial charge in [-0.1, -0.05) is 30.3 Å². The average molecular weight is 302 g/mol. The third-order valence-corrected chi connectivity index (χ3v) is 4.25. The van der Waals surface area contributed by atoms with E-state index in [0.29, 0.717) is 19.7 Å². The minimum Gasteiger partial charge on any atom is -0.445 e. The molecule has 1 aliphatic carbocycles. The summed E-state index contributed by atoms with van der Waals surface area (Å²) in [7, 11) is 0. The van der Waals surface area contributed by atoms with E-state index in [0.717, 1.165) is 31.2 Å². The summed E-state index contributed by atoms with van der Waals surface area (Å²) in [6.07, 6.45) is 3.39. The minimum atomic E-state index is -0.268. The van der Waals surface area contributed by atoms with Crippen LogP contribution < -0.4 is 5.32 Å². The number of carbonyl (C=O) groups is 2. The SMILES string of the molecule is O=C(NC1CCN(C(=O)OCc2ccccc2)CC1)C1CC1. The molecule has 5 nitrogen and oxygen atoms in total. The van der Waals surface area contributed by atoms with Crippen molar-refractivity contribution in [2.45, 2.75) is 38.3 Å². The fourth-order valence-electron chi connectivity index (χ4n) is 2.68. The number of nitrogens with one attached hydrogen (secondary N) is 1. The number of nitrogens with zero attached hydrogens (tertiary/aromatic N) is 1. The summed E-state index contributed by atoms with van der Waals surface area (Å²) in [6.45, 7) is 1.59. The summed E-state index contributed by atoms with van der Waals surface area (Å²) in [6, 6.07) is 9.87. The van der Waals surface area contributed by atoms with Crippen LogP contribution in [0.1, 0.15) is 31.2 Å². The molecule has 2 fully saturated rings. The number of hydrogen-bond acceptors (Lipinski definition) is 3. The van der Waals surface area contributed by atoms with Crippen LogP contribution in [0.15, 0.2) is 30.3 Å². The summed E-state index contributed by atoms with van der Waals surface area (Å²) in [5, 5.41) is 3.08. The highest BCUT2D eigenvalue weighted by Gasteiger charge is 2.32. The predicted octanol–water partition coefficient (Wildman–Crippen LogP) is 2.31. The van der Waals surface area contributed by atoms with Crippen molar-refractivity contribution in [2.75, 3.05) is 13.1 Å². The van der Waals surface area contributed by atoms with Gasteiger partial charge in [-0.15, -0.1) is 0 Å². The van der Waals surface area contributed by atoms with E-state index in [2.05, 4.69) is 5.32 Å². The molecule has 1 aromatic carbocycles. The molecule has 0 bridgehead atoms. The lowest BCUT2D eigenvalue weighted by Crippen LogP contribution is -2.47. The number of rotatable bonds is 4. The average Bonchev–Trinajstić information content (AvgIpc) is 3.39. The zero-order valence-electron chi connectivity index (χ0n) is 12.7. The Morgan fingerprint density at radius 3 is 2.41 bits per heavy atom. The second-order valence-electron chi connectivity index (χ2n) is 6.08. The normalized spacial score (nSPS) is 18.8. The Balaban J connectivity index is 1.38. The molecule has 5 heteroatoms. The molecule has 0 spiro atoms. The first-order valence-corrected chi connectivity index (χ1v) is 7.98. The zero-order chi connectivity index (χ0) is 15.4. The van der Waals surface area contributed by atoms with E-state index in [4.69, 9.17) is 4.74 Å². The van der Waals surface area contributed by atoms with Crippen molar-refractivity contribution in [3.63, 3.8) is 0 Å². The van der Waals surface area contributed by atoms with Crippen molar-refractivity contribution < 1.29 is 14.3 Å². The fourth-order valence-corrected chi connectivity index (χ4v) is 2.68. The maximum atomic E-state index is 12.0. The number of ether oxygens (including phenoxy) is 1. The molecule has 1 heterocycles. The summed E-state index contributed by atoms with van der Waals surface area (Å²) in [5.74, 6) is 0.430. The Labute approximate surface area is 130 Å². The maximum Gasteiger partial charge on any atom is 0.410 e. The number of likely N-dealkylation sites (tertiary alicyclic amines) is 1. The van der Waals surface area contributed by atoms with E-state index in [1.54, 1.807) is 4.90 Å². The fraction of sp³-hybridized carbons (Fsp3) is 0.529. The Morgan fingerprint density at radius 2 is 1.77 bits per heavy atom. The van der Waals surface area contributed by atoms with Crippen LogP contribution >= 0.6 is 0 Å². The molecule has 2 amide bonds. The molecule has 1 saturated carbocycles. The van der Waals surface area contributed by atoms with Crippen molar-refractivity contribution in [1.82, 2.24) is 10.2 Å². The number of carbonyl (C=O) groups excluding carboxylic acids is 2. The number of amides is 2. The first-order valence-electron chi connectivity index (χ1n) is 7.98. The van der Waals surface area contributed by atoms with Crippen molar-refractivity contribution in [3.8, 4) is 0 Å². The molecule has 22 heavy (non-hydrogen) atoms. The highest BCUT2D eigenvalue weighted by atomic mass is 16.6. The molecule has 1 aromatic rings. The molecule has 2 aliphatic rings. The van der Waals surface area contributed by atoms with Gasteiger partial charge in [0.05, 0.1) is 0 Å². The lowest BCUT2D eigenvalue weighted by Gasteiger charge is -2.31. The molecule has 0 radical (unpaired) electrons. The molecule has 1 N–H and O–H groups in total. The summed E-state index contributed by atoms with van der Waals surface area (Å²) >= 11 is 0. The predicted molar refractivity (Wildman–Crippen MR) is 82.1 cm³/mol. The van der Waals surface area contributed by atoms with E-state index < -0.39 is 0 Å². The first-order chi connectivity index (χ1) is 10.7. The molecule has 0 aromatic heterocycles. The number of benzene rings is 1. The number of piperidine rings is 1. The molecule has 118 valence electrons. The van der Waals surface area contributed by atoms with E-state index in [1.165, 1.54) is 0 Å². The zero-order valence-corrected chi connectivity index (χ0v) is 12.7. The molecule has 1 aliphatic heterocycles. The second kappa shape index (κ2) is 6.81. The van der Waals surface area contributed by atoms with Gasteiger partial charge in [-0.25, -0.2) is 4.79 Å². The van der Waals surface area contributed by atoms with Gasteiger partial charge in [-0.05, 0) is 31.2 Å². The lowest BCUT2D eigenvalue weighted by molar-refractivity contribution is -0.123. The Bertz CT molecular complexity index is 520. The smallest absolute Gasteiger partial charge is 0.410 e. The monoisotopic (exact) mass is 302 g/mol. The summed E-state index contributed by atoms with van der Waals surface area (Å²) < 4.78 is 5.33. The van der Waals surface area contributed by atoms with Crippen molar-refractivity contribution in [1.29, 1.82) is 0 Å². The quantitative estimate of drug-likeness (QED) is 0.928. The van der Waals surface area contributed by atoms with Crippen LogP contribution in [0.3, 0.4) is 0 Å². The molecular formula is C17H22N2O3. The van der Waals surface area contributed by atoms with Crippen LogP contribution in [-0.2, 0) is 16.1 Å². The van der Waals surface area contributed by atoms with Crippen molar-refractivity contribution >= 4 is 12.0 Å². The number of hydrogen-bond donors (Lipinski definition) is 1. The van der Waals surface area contributed by atoms with E-state index in [1.807, 2.05) is 30.3 Å². The van der Waals surface area contributed by atoms with Crippen LogP contribution in [0.2, 0.25) is 0 Å². The van der Waals surface area contributed by atoms with Gasteiger partial charge in [-0.2, -0.15) is 0 Å².